The molecule has 0 aromatic carbocycles. The molecule has 2 rings (SSSR count). The molecule has 19 heavy (non-hydrogen) atoms. The summed E-state index contributed by atoms with van der Waals surface area (Å²) in [6, 6.07) is 1.82. The Balaban J connectivity index is 1.99. The van der Waals surface area contributed by atoms with Crippen molar-refractivity contribution in [3.63, 3.8) is 0 Å². The zero-order valence-corrected chi connectivity index (χ0v) is 12.0. The van der Waals surface area contributed by atoms with Crippen molar-refractivity contribution in [1.29, 1.82) is 0 Å². The summed E-state index contributed by atoms with van der Waals surface area (Å²) in [5, 5.41) is 3.46. The largest absolute Gasteiger partial charge is 0.381 e. The second-order valence-corrected chi connectivity index (χ2v) is 5.42. The number of hydrogen-bond acceptors (Lipinski definition) is 3. The van der Waals surface area contributed by atoms with Crippen LogP contribution in [0.3, 0.4) is 0 Å². The van der Waals surface area contributed by atoms with Gasteiger partial charge in [0.25, 0.3) is 5.91 Å². The predicted octanol–water partition coefficient (Wildman–Crippen LogP) is 2.59. The van der Waals surface area contributed by atoms with E-state index in [2.05, 4.69) is 10.3 Å². The van der Waals surface area contributed by atoms with Crippen LogP contribution in [-0.2, 0) is 4.74 Å². The minimum atomic E-state index is -0.156. The zero-order valence-electron chi connectivity index (χ0n) is 11.3. The van der Waals surface area contributed by atoms with Gasteiger partial charge >= 0.3 is 0 Å². The van der Waals surface area contributed by atoms with Crippen molar-refractivity contribution in [1.82, 2.24) is 10.3 Å². The molecule has 0 saturated carbocycles. The van der Waals surface area contributed by atoms with E-state index in [4.69, 9.17) is 16.3 Å². The van der Waals surface area contributed by atoms with Crippen LogP contribution in [0, 0.1) is 12.8 Å². The first-order chi connectivity index (χ1) is 9.08. The lowest BCUT2D eigenvalue weighted by atomic mass is 9.93. The van der Waals surface area contributed by atoms with Crippen molar-refractivity contribution in [3.8, 4) is 0 Å². The van der Waals surface area contributed by atoms with E-state index in [1.54, 1.807) is 6.07 Å². The summed E-state index contributed by atoms with van der Waals surface area (Å²) in [4.78, 5) is 16.3. The highest BCUT2D eigenvalue weighted by atomic mass is 35.5. The molecule has 0 aliphatic carbocycles. The summed E-state index contributed by atoms with van der Waals surface area (Å²) in [7, 11) is 0. The molecule has 1 fully saturated rings. The number of hydrogen-bond donors (Lipinski definition) is 1. The molecule has 0 radical (unpaired) electrons. The summed E-state index contributed by atoms with van der Waals surface area (Å²) < 4.78 is 5.33. The second kappa shape index (κ2) is 6.35. The van der Waals surface area contributed by atoms with Crippen molar-refractivity contribution >= 4 is 17.5 Å². The fourth-order valence-electron chi connectivity index (χ4n) is 2.31. The normalized spacial score (nSPS) is 18.1. The molecule has 104 valence electrons. The fourth-order valence-corrected chi connectivity index (χ4v) is 2.60. The Morgan fingerprint density at radius 1 is 1.53 bits per heavy atom. The summed E-state index contributed by atoms with van der Waals surface area (Å²) in [6.45, 7) is 5.43. The molecule has 1 aromatic heterocycles. The Labute approximate surface area is 118 Å². The fraction of sp³-hybridized carbons (Fsp3) is 0.571. The van der Waals surface area contributed by atoms with Crippen LogP contribution in [0.4, 0.5) is 0 Å². The van der Waals surface area contributed by atoms with Crippen molar-refractivity contribution in [2.24, 2.45) is 5.92 Å². The van der Waals surface area contributed by atoms with Crippen molar-refractivity contribution in [3.05, 3.63) is 28.5 Å². The molecule has 1 aliphatic heterocycles. The van der Waals surface area contributed by atoms with Crippen LogP contribution in [0.15, 0.2) is 12.3 Å². The number of rotatable bonds is 3. The van der Waals surface area contributed by atoms with Gasteiger partial charge in [0.05, 0.1) is 10.6 Å². The number of ether oxygens (including phenoxy) is 1. The number of nitrogens with zero attached hydrogens (tertiary/aromatic N) is 1. The number of aromatic nitrogens is 1. The third kappa shape index (κ3) is 3.67. The number of nitrogens with one attached hydrogen (secondary N) is 1. The van der Waals surface area contributed by atoms with Crippen LogP contribution in [0.2, 0.25) is 5.02 Å². The summed E-state index contributed by atoms with van der Waals surface area (Å²) in [6.07, 6.45) is 3.51. The van der Waals surface area contributed by atoms with Gasteiger partial charge in [-0.15, -0.1) is 0 Å². The van der Waals surface area contributed by atoms with Crippen LogP contribution < -0.4 is 5.32 Å². The van der Waals surface area contributed by atoms with Gasteiger partial charge in [0.15, 0.2) is 0 Å². The molecule has 1 aromatic rings. The highest BCUT2D eigenvalue weighted by Crippen LogP contribution is 2.20. The van der Waals surface area contributed by atoms with Gasteiger partial charge in [0, 0.05) is 31.1 Å². The number of carbonyl (C=O) groups is 1. The number of aryl methyl sites for hydroxylation is 1. The molecule has 5 heteroatoms. The summed E-state index contributed by atoms with van der Waals surface area (Å²) in [5.74, 6) is 0.311. The number of carbonyl (C=O) groups excluding carboxylic acids is 1. The van der Waals surface area contributed by atoms with Gasteiger partial charge in [0.2, 0.25) is 0 Å². The van der Waals surface area contributed by atoms with Crippen LogP contribution in [0.1, 0.15) is 35.8 Å². The lowest BCUT2D eigenvalue weighted by Gasteiger charge is -2.28. The highest BCUT2D eigenvalue weighted by Gasteiger charge is 2.23. The van der Waals surface area contributed by atoms with E-state index in [0.717, 1.165) is 31.7 Å². The molecule has 1 saturated heterocycles. The standard InChI is InChI=1S/C14H19ClN2O2/c1-9-7-13(15)12(8-16-9)14(18)17-10(2)11-3-5-19-6-4-11/h7-8,10-11H,3-6H2,1-2H3,(H,17,18). The van der Waals surface area contributed by atoms with Gasteiger partial charge < -0.3 is 10.1 Å². The Hall–Kier alpha value is -1.13. The monoisotopic (exact) mass is 282 g/mol. The van der Waals surface area contributed by atoms with E-state index in [-0.39, 0.29) is 11.9 Å². The zero-order chi connectivity index (χ0) is 13.8. The first-order valence-electron chi connectivity index (χ1n) is 6.58. The van der Waals surface area contributed by atoms with Crippen LogP contribution in [0.25, 0.3) is 0 Å². The van der Waals surface area contributed by atoms with E-state index in [9.17, 15) is 4.79 Å². The molecule has 0 bridgehead atoms. The minimum absolute atomic E-state index is 0.119. The summed E-state index contributed by atoms with van der Waals surface area (Å²) in [5.41, 5.74) is 1.24. The second-order valence-electron chi connectivity index (χ2n) is 5.02. The topological polar surface area (TPSA) is 51.2 Å². The van der Waals surface area contributed by atoms with Gasteiger partial charge in [-0.3, -0.25) is 9.78 Å². The number of pyridine rings is 1. The Morgan fingerprint density at radius 2 is 2.21 bits per heavy atom. The highest BCUT2D eigenvalue weighted by molar-refractivity contribution is 6.33. The SMILES string of the molecule is Cc1cc(Cl)c(C(=O)NC(C)C2CCOCC2)cn1. The molecule has 1 atom stereocenters. The molecular formula is C14H19ClN2O2. The Bertz CT molecular complexity index is 459. The van der Waals surface area contributed by atoms with Crippen molar-refractivity contribution in [2.45, 2.75) is 32.7 Å². The minimum Gasteiger partial charge on any atom is -0.381 e. The summed E-state index contributed by atoms with van der Waals surface area (Å²) >= 11 is 6.07. The molecular weight excluding hydrogens is 264 g/mol. The Kier molecular flexibility index (Phi) is 4.77. The third-order valence-corrected chi connectivity index (χ3v) is 3.88. The quantitative estimate of drug-likeness (QED) is 0.927. The molecule has 1 amide bonds. The van der Waals surface area contributed by atoms with E-state index in [1.165, 1.54) is 6.20 Å². The average molecular weight is 283 g/mol. The lowest BCUT2D eigenvalue weighted by molar-refractivity contribution is 0.0538. The van der Waals surface area contributed by atoms with Crippen LogP contribution >= 0.6 is 11.6 Å². The van der Waals surface area contributed by atoms with Crippen LogP contribution in [0.5, 0.6) is 0 Å². The maximum Gasteiger partial charge on any atom is 0.254 e. The molecule has 1 N–H and O–H groups in total. The maximum absolute atomic E-state index is 12.2. The molecule has 2 heterocycles. The first-order valence-corrected chi connectivity index (χ1v) is 6.96. The molecule has 0 spiro atoms. The predicted molar refractivity (Wildman–Crippen MR) is 74.5 cm³/mol. The smallest absolute Gasteiger partial charge is 0.254 e. The first kappa shape index (κ1) is 14.3. The van der Waals surface area contributed by atoms with Gasteiger partial charge in [0.1, 0.15) is 0 Å². The molecule has 4 nitrogen and oxygen atoms in total. The molecule has 1 aliphatic rings. The van der Waals surface area contributed by atoms with Gasteiger partial charge in [-0.25, -0.2) is 0 Å². The van der Waals surface area contributed by atoms with Crippen molar-refractivity contribution in [2.75, 3.05) is 13.2 Å². The maximum atomic E-state index is 12.2. The van der Waals surface area contributed by atoms with Gasteiger partial charge in [-0.1, -0.05) is 11.6 Å². The average Bonchev–Trinajstić information content (AvgIpc) is 2.39. The number of amides is 1. The van der Waals surface area contributed by atoms with Crippen LogP contribution in [-0.4, -0.2) is 30.1 Å². The van der Waals surface area contributed by atoms with Crippen molar-refractivity contribution < 1.29 is 9.53 Å². The number of halogens is 1. The van der Waals surface area contributed by atoms with E-state index >= 15 is 0 Å². The van der Waals surface area contributed by atoms with E-state index in [0.29, 0.717) is 16.5 Å². The molecule has 1 unspecified atom stereocenters. The lowest BCUT2D eigenvalue weighted by Crippen LogP contribution is -2.40. The Morgan fingerprint density at radius 3 is 2.84 bits per heavy atom. The van der Waals surface area contributed by atoms with E-state index < -0.39 is 0 Å². The van der Waals surface area contributed by atoms with E-state index in [1.807, 2.05) is 13.8 Å². The van der Waals surface area contributed by atoms with Gasteiger partial charge in [-0.2, -0.15) is 0 Å². The van der Waals surface area contributed by atoms with Gasteiger partial charge in [-0.05, 0) is 38.7 Å². The third-order valence-electron chi connectivity index (χ3n) is 3.57.